The van der Waals surface area contributed by atoms with Gasteiger partial charge in [0.15, 0.2) is 5.82 Å². The molecule has 0 aromatic carbocycles. The minimum absolute atomic E-state index is 0.118. The van der Waals surface area contributed by atoms with Gasteiger partial charge in [-0.05, 0) is 19.8 Å². The van der Waals surface area contributed by atoms with E-state index in [1.54, 1.807) is 13.0 Å². The number of nitrogens with one attached hydrogen (secondary N) is 1. The van der Waals surface area contributed by atoms with Crippen LogP contribution in [0.3, 0.4) is 0 Å². The maximum Gasteiger partial charge on any atom is 0.235 e. The van der Waals surface area contributed by atoms with Gasteiger partial charge in [0.1, 0.15) is 5.76 Å². The molecule has 0 spiro atoms. The Balaban J connectivity index is 1.65. The second-order valence-corrected chi connectivity index (χ2v) is 5.44. The number of carbonyl (C=O) groups is 2. The normalized spacial score (nSPS) is 14.7. The van der Waals surface area contributed by atoms with Crippen molar-refractivity contribution < 1.29 is 14.1 Å². The molecule has 1 fully saturated rings. The number of hydrogen-bond acceptors (Lipinski definition) is 5. The molecule has 0 bridgehead atoms. The van der Waals surface area contributed by atoms with Crippen LogP contribution in [0.2, 0.25) is 0 Å². The molecule has 2 amide bonds. The molecule has 0 unspecified atom stereocenters. The first kappa shape index (κ1) is 13.9. The zero-order valence-electron chi connectivity index (χ0n) is 10.8. The van der Waals surface area contributed by atoms with Gasteiger partial charge in [0.05, 0.1) is 11.5 Å². The summed E-state index contributed by atoms with van der Waals surface area (Å²) in [6.07, 6.45) is 2.17. The summed E-state index contributed by atoms with van der Waals surface area (Å²) in [5.74, 6) is 1.60. The number of nitrogens with zero attached hydrogens (tertiary/aromatic N) is 2. The average molecular weight is 283 g/mol. The molecular formula is C12H17N3O3S. The van der Waals surface area contributed by atoms with Gasteiger partial charge in [0.25, 0.3) is 0 Å². The molecule has 19 heavy (non-hydrogen) atoms. The summed E-state index contributed by atoms with van der Waals surface area (Å²) in [7, 11) is 0. The van der Waals surface area contributed by atoms with Crippen LogP contribution in [-0.2, 0) is 9.59 Å². The minimum Gasteiger partial charge on any atom is -0.360 e. The first-order valence-corrected chi connectivity index (χ1v) is 7.39. The Morgan fingerprint density at radius 2 is 2.16 bits per heavy atom. The Morgan fingerprint density at radius 1 is 1.42 bits per heavy atom. The van der Waals surface area contributed by atoms with Crippen molar-refractivity contribution in [3.63, 3.8) is 0 Å². The Bertz CT molecular complexity index is 455. The lowest BCUT2D eigenvalue weighted by Crippen LogP contribution is -2.29. The molecule has 2 heterocycles. The summed E-state index contributed by atoms with van der Waals surface area (Å²) >= 11 is 1.32. The largest absolute Gasteiger partial charge is 0.360 e. The topological polar surface area (TPSA) is 75.4 Å². The van der Waals surface area contributed by atoms with Crippen molar-refractivity contribution in [1.29, 1.82) is 0 Å². The first-order valence-electron chi connectivity index (χ1n) is 6.24. The lowest BCUT2D eigenvalue weighted by molar-refractivity contribution is -0.127. The molecular weight excluding hydrogens is 266 g/mol. The smallest absolute Gasteiger partial charge is 0.235 e. The van der Waals surface area contributed by atoms with E-state index in [-0.39, 0.29) is 17.6 Å². The molecule has 1 saturated heterocycles. The SMILES string of the molecule is Cc1cc(NC(=O)CSCC(=O)N2CCCC2)no1. The zero-order valence-corrected chi connectivity index (χ0v) is 11.7. The van der Waals surface area contributed by atoms with Gasteiger partial charge in [0.2, 0.25) is 11.8 Å². The number of aryl methyl sites for hydroxylation is 1. The van der Waals surface area contributed by atoms with Crippen LogP contribution in [0.25, 0.3) is 0 Å². The van der Waals surface area contributed by atoms with Gasteiger partial charge >= 0.3 is 0 Å². The molecule has 104 valence electrons. The van der Waals surface area contributed by atoms with E-state index in [1.807, 2.05) is 4.90 Å². The number of aromatic nitrogens is 1. The van der Waals surface area contributed by atoms with Crippen molar-refractivity contribution in [1.82, 2.24) is 10.1 Å². The van der Waals surface area contributed by atoms with Gasteiger partial charge in [-0.1, -0.05) is 5.16 Å². The summed E-state index contributed by atoms with van der Waals surface area (Å²) in [6.45, 7) is 3.46. The van der Waals surface area contributed by atoms with Crippen LogP contribution in [-0.4, -0.2) is 46.5 Å². The van der Waals surface area contributed by atoms with E-state index >= 15 is 0 Å². The molecule has 2 rings (SSSR count). The highest BCUT2D eigenvalue weighted by atomic mass is 32.2. The average Bonchev–Trinajstić information content (AvgIpc) is 3.00. The van der Waals surface area contributed by atoms with E-state index in [9.17, 15) is 9.59 Å². The van der Waals surface area contributed by atoms with E-state index in [0.717, 1.165) is 25.9 Å². The third-order valence-electron chi connectivity index (χ3n) is 2.81. The highest BCUT2D eigenvalue weighted by molar-refractivity contribution is 8.00. The molecule has 1 aliphatic rings. The van der Waals surface area contributed by atoms with Crippen molar-refractivity contribution in [3.8, 4) is 0 Å². The summed E-state index contributed by atoms with van der Waals surface area (Å²) in [6, 6.07) is 1.65. The number of amides is 2. The van der Waals surface area contributed by atoms with E-state index < -0.39 is 0 Å². The third-order valence-corrected chi connectivity index (χ3v) is 3.73. The van der Waals surface area contributed by atoms with Crippen molar-refractivity contribution in [2.24, 2.45) is 0 Å². The third kappa shape index (κ3) is 4.27. The predicted molar refractivity (Wildman–Crippen MR) is 73.0 cm³/mol. The number of hydrogen-bond donors (Lipinski definition) is 1. The molecule has 0 aliphatic carbocycles. The number of thioether (sulfide) groups is 1. The van der Waals surface area contributed by atoms with Crippen LogP contribution < -0.4 is 5.32 Å². The van der Waals surface area contributed by atoms with Crippen LogP contribution in [0, 0.1) is 6.92 Å². The lowest BCUT2D eigenvalue weighted by atomic mass is 10.4. The quantitative estimate of drug-likeness (QED) is 0.881. The Morgan fingerprint density at radius 3 is 2.79 bits per heavy atom. The van der Waals surface area contributed by atoms with Crippen LogP contribution in [0.1, 0.15) is 18.6 Å². The van der Waals surface area contributed by atoms with Crippen molar-refractivity contribution in [2.45, 2.75) is 19.8 Å². The van der Waals surface area contributed by atoms with Gasteiger partial charge in [-0.15, -0.1) is 11.8 Å². The second kappa shape index (κ2) is 6.60. The van der Waals surface area contributed by atoms with Crippen molar-refractivity contribution in [3.05, 3.63) is 11.8 Å². The highest BCUT2D eigenvalue weighted by Crippen LogP contribution is 2.11. The van der Waals surface area contributed by atoms with Crippen molar-refractivity contribution in [2.75, 3.05) is 29.9 Å². The molecule has 1 aromatic rings. The number of rotatable bonds is 5. The van der Waals surface area contributed by atoms with Crippen LogP contribution in [0.15, 0.2) is 10.6 Å². The summed E-state index contributed by atoms with van der Waals surface area (Å²) in [4.78, 5) is 25.2. The fourth-order valence-electron chi connectivity index (χ4n) is 1.89. The molecule has 0 atom stereocenters. The molecule has 7 heteroatoms. The van der Waals surface area contributed by atoms with Crippen LogP contribution in [0.4, 0.5) is 5.82 Å². The summed E-state index contributed by atoms with van der Waals surface area (Å²) in [5.41, 5.74) is 0. The second-order valence-electron chi connectivity index (χ2n) is 4.45. The zero-order chi connectivity index (χ0) is 13.7. The number of carbonyl (C=O) groups excluding carboxylic acids is 2. The summed E-state index contributed by atoms with van der Waals surface area (Å²) < 4.78 is 4.84. The fraction of sp³-hybridized carbons (Fsp3) is 0.583. The fourth-order valence-corrected chi connectivity index (χ4v) is 2.61. The Labute approximate surface area is 115 Å². The molecule has 1 N–H and O–H groups in total. The van der Waals surface area contributed by atoms with Gasteiger partial charge in [-0.3, -0.25) is 9.59 Å². The minimum atomic E-state index is -0.174. The lowest BCUT2D eigenvalue weighted by Gasteiger charge is -2.14. The standard InChI is InChI=1S/C12H17N3O3S/c1-9-6-10(14-18-9)13-11(16)7-19-8-12(17)15-4-2-3-5-15/h6H,2-5,7-8H2,1H3,(H,13,14,16). The molecule has 6 nitrogen and oxygen atoms in total. The van der Waals surface area contributed by atoms with Gasteiger partial charge < -0.3 is 14.7 Å². The van der Waals surface area contributed by atoms with E-state index in [0.29, 0.717) is 17.3 Å². The van der Waals surface area contributed by atoms with E-state index in [1.165, 1.54) is 11.8 Å². The predicted octanol–water partition coefficient (Wildman–Crippen LogP) is 1.28. The van der Waals surface area contributed by atoms with E-state index in [2.05, 4.69) is 10.5 Å². The summed E-state index contributed by atoms with van der Waals surface area (Å²) in [5, 5.41) is 6.29. The molecule has 0 radical (unpaired) electrons. The Kier molecular flexibility index (Phi) is 4.84. The van der Waals surface area contributed by atoms with E-state index in [4.69, 9.17) is 4.52 Å². The maximum absolute atomic E-state index is 11.7. The van der Waals surface area contributed by atoms with Gasteiger partial charge in [0, 0.05) is 19.2 Å². The highest BCUT2D eigenvalue weighted by Gasteiger charge is 2.17. The van der Waals surface area contributed by atoms with Crippen LogP contribution >= 0.6 is 11.8 Å². The molecule has 0 saturated carbocycles. The van der Waals surface area contributed by atoms with Gasteiger partial charge in [-0.2, -0.15) is 0 Å². The van der Waals surface area contributed by atoms with Gasteiger partial charge in [-0.25, -0.2) is 0 Å². The first-order chi connectivity index (χ1) is 9.15. The number of anilines is 1. The maximum atomic E-state index is 11.7. The van der Waals surface area contributed by atoms with Crippen molar-refractivity contribution >= 4 is 29.4 Å². The number of likely N-dealkylation sites (tertiary alicyclic amines) is 1. The Hall–Kier alpha value is -1.50. The van der Waals surface area contributed by atoms with Crippen LogP contribution in [0.5, 0.6) is 0 Å². The monoisotopic (exact) mass is 283 g/mol. The molecule has 1 aliphatic heterocycles. The molecule has 1 aromatic heterocycles.